The smallest absolute Gasteiger partial charge is 0.0841 e. The summed E-state index contributed by atoms with van der Waals surface area (Å²) in [7, 11) is 0. The summed E-state index contributed by atoms with van der Waals surface area (Å²) < 4.78 is 0. The molecule has 2 nitrogen and oxygen atoms in total. The van der Waals surface area contributed by atoms with Crippen LogP contribution < -0.4 is 0 Å². The zero-order chi connectivity index (χ0) is 23.2. The van der Waals surface area contributed by atoms with Crippen LogP contribution in [-0.4, -0.2) is 17.3 Å². The van der Waals surface area contributed by atoms with E-state index >= 15 is 0 Å². The first-order valence-corrected chi connectivity index (χ1v) is 13.1. The molecule has 0 spiro atoms. The van der Waals surface area contributed by atoms with E-state index in [0.29, 0.717) is 12.0 Å². The van der Waals surface area contributed by atoms with Crippen LogP contribution in [0.4, 0.5) is 0 Å². The van der Waals surface area contributed by atoms with Crippen LogP contribution in [0.5, 0.6) is 0 Å². The van der Waals surface area contributed by atoms with Gasteiger partial charge in [-0.3, -0.25) is 5.01 Å². The SMILES string of the molecule is C=C(C)CCCC1CCC(CN2N=C(C)C(c3cccc(CC)c3)C2c2ccccc2)CC1. The number of hydrogen-bond acceptors (Lipinski definition) is 2. The van der Waals surface area contributed by atoms with E-state index in [9.17, 15) is 0 Å². The highest BCUT2D eigenvalue weighted by atomic mass is 15.5. The molecule has 0 N–H and O–H groups in total. The molecular weight excluding hydrogens is 400 g/mol. The normalized spacial score (nSPS) is 25.2. The van der Waals surface area contributed by atoms with Crippen LogP contribution >= 0.6 is 0 Å². The molecule has 1 saturated carbocycles. The summed E-state index contributed by atoms with van der Waals surface area (Å²) in [6, 6.07) is 20.5. The van der Waals surface area contributed by atoms with E-state index in [2.05, 4.69) is 87.0 Å². The summed E-state index contributed by atoms with van der Waals surface area (Å²) in [5.74, 6) is 2.00. The molecule has 0 aromatic heterocycles. The average Bonchev–Trinajstić information content (AvgIpc) is 3.16. The van der Waals surface area contributed by atoms with E-state index in [1.165, 1.54) is 72.9 Å². The molecular formula is C31H42N2. The molecule has 4 rings (SSSR count). The van der Waals surface area contributed by atoms with Gasteiger partial charge in [0, 0.05) is 12.3 Å². The lowest BCUT2D eigenvalue weighted by Gasteiger charge is -2.35. The van der Waals surface area contributed by atoms with Crippen LogP contribution in [0.25, 0.3) is 0 Å². The van der Waals surface area contributed by atoms with Crippen LogP contribution in [0.15, 0.2) is 71.9 Å². The lowest BCUT2D eigenvalue weighted by molar-refractivity contribution is 0.148. The van der Waals surface area contributed by atoms with Gasteiger partial charge in [0.1, 0.15) is 0 Å². The van der Waals surface area contributed by atoms with Crippen molar-refractivity contribution in [1.82, 2.24) is 5.01 Å². The Morgan fingerprint density at radius 2 is 1.67 bits per heavy atom. The lowest BCUT2D eigenvalue weighted by atomic mass is 9.79. The third kappa shape index (κ3) is 5.96. The molecule has 1 fully saturated rings. The Kier molecular flexibility index (Phi) is 8.06. The van der Waals surface area contributed by atoms with Crippen molar-refractivity contribution in [3.05, 3.63) is 83.4 Å². The molecule has 0 saturated heterocycles. The van der Waals surface area contributed by atoms with Gasteiger partial charge >= 0.3 is 0 Å². The van der Waals surface area contributed by atoms with Gasteiger partial charge in [-0.2, -0.15) is 5.10 Å². The standard InChI is InChI=1S/C31H42N2/c1-5-25-12-10-16-29(21-25)30-24(4)32-33(31(30)28-14-7-6-8-15-28)22-27-19-17-26(18-20-27)13-9-11-23(2)3/h6-8,10,12,14-16,21,26-27,30-31H,2,5,9,11,13,17-20,22H2,1,3-4H3. The predicted molar refractivity (Wildman–Crippen MR) is 142 cm³/mol. The largest absolute Gasteiger partial charge is 0.288 e. The summed E-state index contributed by atoms with van der Waals surface area (Å²) in [5.41, 5.74) is 6.80. The van der Waals surface area contributed by atoms with Gasteiger partial charge in [-0.15, -0.1) is 6.58 Å². The van der Waals surface area contributed by atoms with E-state index in [0.717, 1.165) is 24.8 Å². The van der Waals surface area contributed by atoms with Gasteiger partial charge in [-0.25, -0.2) is 0 Å². The second kappa shape index (κ2) is 11.2. The number of hydrogen-bond donors (Lipinski definition) is 0. The zero-order valence-corrected chi connectivity index (χ0v) is 21.0. The number of rotatable bonds is 9. The predicted octanol–water partition coefficient (Wildman–Crippen LogP) is 8.32. The summed E-state index contributed by atoms with van der Waals surface area (Å²) >= 11 is 0. The third-order valence-electron chi connectivity index (χ3n) is 7.86. The highest BCUT2D eigenvalue weighted by molar-refractivity contribution is 5.91. The number of benzene rings is 2. The molecule has 1 heterocycles. The maximum Gasteiger partial charge on any atom is 0.0841 e. The van der Waals surface area contributed by atoms with Crippen LogP contribution in [-0.2, 0) is 6.42 Å². The Morgan fingerprint density at radius 1 is 0.970 bits per heavy atom. The Hall–Kier alpha value is -2.35. The molecule has 2 aliphatic rings. The van der Waals surface area contributed by atoms with Gasteiger partial charge in [0.05, 0.1) is 12.0 Å². The fraction of sp³-hybridized carbons (Fsp3) is 0.516. The van der Waals surface area contributed by atoms with E-state index in [4.69, 9.17) is 5.10 Å². The Labute approximate surface area is 201 Å². The maximum atomic E-state index is 5.18. The van der Waals surface area contributed by atoms with E-state index < -0.39 is 0 Å². The first-order chi connectivity index (χ1) is 16.0. The zero-order valence-electron chi connectivity index (χ0n) is 21.0. The van der Waals surface area contributed by atoms with Gasteiger partial charge in [0.2, 0.25) is 0 Å². The van der Waals surface area contributed by atoms with Crippen molar-refractivity contribution in [2.75, 3.05) is 6.54 Å². The highest BCUT2D eigenvalue weighted by Gasteiger charge is 2.38. The highest BCUT2D eigenvalue weighted by Crippen LogP contribution is 2.44. The minimum absolute atomic E-state index is 0.298. The maximum absolute atomic E-state index is 5.18. The molecule has 0 radical (unpaired) electrons. The molecule has 176 valence electrons. The van der Waals surface area contributed by atoms with Gasteiger partial charge in [-0.05, 0) is 74.5 Å². The number of hydrazone groups is 1. The minimum Gasteiger partial charge on any atom is -0.288 e. The molecule has 2 aromatic carbocycles. The fourth-order valence-electron chi connectivity index (χ4n) is 5.99. The van der Waals surface area contributed by atoms with Gasteiger partial charge in [0.25, 0.3) is 0 Å². The van der Waals surface area contributed by atoms with Crippen molar-refractivity contribution >= 4 is 5.71 Å². The van der Waals surface area contributed by atoms with Crippen LogP contribution in [0.3, 0.4) is 0 Å². The number of allylic oxidation sites excluding steroid dienone is 1. The van der Waals surface area contributed by atoms with E-state index in [1.807, 2.05) is 0 Å². The molecule has 2 unspecified atom stereocenters. The van der Waals surface area contributed by atoms with Crippen LogP contribution in [0, 0.1) is 11.8 Å². The average molecular weight is 443 g/mol. The number of nitrogens with zero attached hydrogens (tertiary/aromatic N) is 2. The molecule has 1 aliphatic heterocycles. The van der Waals surface area contributed by atoms with Crippen LogP contribution in [0.1, 0.15) is 94.4 Å². The Bertz CT molecular complexity index is 936. The van der Waals surface area contributed by atoms with Crippen molar-refractivity contribution in [2.24, 2.45) is 16.9 Å². The fourth-order valence-corrected chi connectivity index (χ4v) is 5.99. The van der Waals surface area contributed by atoms with E-state index in [1.54, 1.807) is 0 Å². The van der Waals surface area contributed by atoms with Crippen molar-refractivity contribution in [3.8, 4) is 0 Å². The third-order valence-corrected chi connectivity index (χ3v) is 7.86. The molecule has 0 amide bonds. The quantitative estimate of drug-likeness (QED) is 0.356. The second-order valence-corrected chi connectivity index (χ2v) is 10.5. The Balaban J connectivity index is 1.47. The molecule has 2 aromatic rings. The monoisotopic (exact) mass is 442 g/mol. The van der Waals surface area contributed by atoms with E-state index in [-0.39, 0.29) is 0 Å². The number of aryl methyl sites for hydroxylation is 1. The lowest BCUT2D eigenvalue weighted by Crippen LogP contribution is -2.31. The van der Waals surface area contributed by atoms with Gasteiger partial charge in [0.15, 0.2) is 0 Å². The summed E-state index contributed by atoms with van der Waals surface area (Å²) in [6.07, 6.45) is 10.4. The second-order valence-electron chi connectivity index (χ2n) is 10.5. The first kappa shape index (κ1) is 23.8. The summed E-state index contributed by atoms with van der Waals surface area (Å²) in [5, 5.41) is 7.63. The molecule has 1 aliphatic carbocycles. The molecule has 2 heteroatoms. The van der Waals surface area contributed by atoms with Gasteiger partial charge < -0.3 is 0 Å². The molecule has 0 bridgehead atoms. The molecule has 33 heavy (non-hydrogen) atoms. The topological polar surface area (TPSA) is 15.6 Å². The van der Waals surface area contributed by atoms with Gasteiger partial charge in [-0.1, -0.05) is 86.4 Å². The summed E-state index contributed by atoms with van der Waals surface area (Å²) in [6.45, 7) is 11.8. The minimum atomic E-state index is 0.298. The van der Waals surface area contributed by atoms with Crippen LogP contribution in [0.2, 0.25) is 0 Å². The summed E-state index contributed by atoms with van der Waals surface area (Å²) in [4.78, 5) is 0. The van der Waals surface area contributed by atoms with Crippen molar-refractivity contribution in [1.29, 1.82) is 0 Å². The Morgan fingerprint density at radius 3 is 2.36 bits per heavy atom. The first-order valence-electron chi connectivity index (χ1n) is 13.1. The molecule has 2 atom stereocenters. The van der Waals surface area contributed by atoms with Crippen molar-refractivity contribution in [3.63, 3.8) is 0 Å². The van der Waals surface area contributed by atoms with Crippen molar-refractivity contribution < 1.29 is 0 Å². The van der Waals surface area contributed by atoms with Crippen molar-refractivity contribution in [2.45, 2.75) is 84.1 Å².